The van der Waals surface area contributed by atoms with Gasteiger partial charge in [0.15, 0.2) is 0 Å². The second-order valence-corrected chi connectivity index (χ2v) is 7.75. The second-order valence-electron chi connectivity index (χ2n) is 7.75. The zero-order valence-electron chi connectivity index (χ0n) is 17.1. The first kappa shape index (κ1) is 20.4. The Kier molecular flexibility index (Phi) is 6.06. The van der Waals surface area contributed by atoms with Gasteiger partial charge in [-0.25, -0.2) is 13.5 Å². The second kappa shape index (κ2) is 8.89. The van der Waals surface area contributed by atoms with Crippen LogP contribution in [-0.2, 0) is 11.2 Å². The number of hydrogen-bond donors (Lipinski definition) is 1. The molecule has 8 heteroatoms. The van der Waals surface area contributed by atoms with Crippen molar-refractivity contribution in [3.8, 4) is 5.69 Å². The molecule has 0 saturated carbocycles. The number of nitrogens with one attached hydrogen (secondary N) is 1. The minimum Gasteiger partial charge on any atom is -0.378 e. The van der Waals surface area contributed by atoms with Crippen LogP contribution in [0.4, 0.5) is 20.4 Å². The van der Waals surface area contributed by atoms with Crippen LogP contribution in [0.5, 0.6) is 0 Å². The van der Waals surface area contributed by atoms with Crippen molar-refractivity contribution in [1.82, 2.24) is 19.7 Å². The van der Waals surface area contributed by atoms with Gasteiger partial charge >= 0.3 is 0 Å². The first-order valence-corrected chi connectivity index (χ1v) is 10.00. The molecule has 30 heavy (non-hydrogen) atoms. The van der Waals surface area contributed by atoms with E-state index >= 15 is 0 Å². The summed E-state index contributed by atoms with van der Waals surface area (Å²) in [5.74, 6) is -0.955. The highest BCUT2D eigenvalue weighted by Crippen LogP contribution is 2.20. The van der Waals surface area contributed by atoms with Crippen molar-refractivity contribution in [2.45, 2.75) is 25.8 Å². The van der Waals surface area contributed by atoms with Crippen molar-refractivity contribution in [2.24, 2.45) is 0 Å². The third-order valence-electron chi connectivity index (χ3n) is 5.22. The van der Waals surface area contributed by atoms with Crippen molar-refractivity contribution in [3.05, 3.63) is 65.5 Å². The molecule has 0 atom stereocenters. The molecule has 158 valence electrons. The maximum absolute atomic E-state index is 13.4. The number of likely N-dealkylation sites (N-methyl/N-ethyl adjacent to an activating group) is 1. The van der Waals surface area contributed by atoms with Crippen LogP contribution in [0.25, 0.3) is 5.69 Å². The zero-order chi connectivity index (χ0) is 21.1. The molecule has 6 nitrogen and oxygen atoms in total. The lowest BCUT2D eigenvalue weighted by Crippen LogP contribution is -2.47. The van der Waals surface area contributed by atoms with Gasteiger partial charge in [0.25, 0.3) is 0 Å². The minimum absolute atomic E-state index is 0.277. The molecule has 4 rings (SSSR count). The van der Waals surface area contributed by atoms with Gasteiger partial charge in [0.1, 0.15) is 18.0 Å². The average Bonchev–Trinajstić information content (AvgIpc) is 3.07. The van der Waals surface area contributed by atoms with E-state index in [1.54, 1.807) is 0 Å². The minimum atomic E-state index is -0.659. The van der Waals surface area contributed by atoms with Gasteiger partial charge in [-0.15, -0.1) is 5.10 Å². The quantitative estimate of drug-likeness (QED) is 0.608. The summed E-state index contributed by atoms with van der Waals surface area (Å²) in [5, 5.41) is 7.46. The number of halogens is 2. The summed E-state index contributed by atoms with van der Waals surface area (Å²) in [7, 11) is 2.14. The third kappa shape index (κ3) is 5.01. The Bertz CT molecular complexity index is 998. The Morgan fingerprint density at radius 2 is 1.90 bits per heavy atom. The molecule has 0 amide bonds. The van der Waals surface area contributed by atoms with Crippen LogP contribution < -0.4 is 5.32 Å². The summed E-state index contributed by atoms with van der Waals surface area (Å²) in [6.45, 7) is 4.74. The molecule has 1 aliphatic rings. The SMILES string of the molecule is Cc1cc(CCCN(C)C2COC2)cc(Nc2ncn(-c3cc(F)cc(F)c3)n2)c1. The van der Waals surface area contributed by atoms with Gasteiger partial charge in [-0.1, -0.05) is 6.07 Å². The Balaban J connectivity index is 1.40. The Morgan fingerprint density at radius 3 is 2.60 bits per heavy atom. The number of aromatic nitrogens is 3. The summed E-state index contributed by atoms with van der Waals surface area (Å²) in [5.41, 5.74) is 3.54. The number of rotatable bonds is 8. The van der Waals surface area contributed by atoms with E-state index in [4.69, 9.17) is 4.74 Å². The smallest absolute Gasteiger partial charge is 0.246 e. The van der Waals surface area contributed by atoms with Crippen LogP contribution in [-0.4, -0.2) is 52.5 Å². The molecule has 1 aromatic heterocycles. The van der Waals surface area contributed by atoms with Gasteiger partial charge in [0.2, 0.25) is 5.95 Å². The molecule has 1 fully saturated rings. The van der Waals surface area contributed by atoms with Crippen LogP contribution in [0, 0.1) is 18.6 Å². The Morgan fingerprint density at radius 1 is 1.13 bits per heavy atom. The van der Waals surface area contributed by atoms with Crippen LogP contribution in [0.15, 0.2) is 42.7 Å². The molecule has 0 radical (unpaired) electrons. The van der Waals surface area contributed by atoms with Crippen LogP contribution in [0.2, 0.25) is 0 Å². The Hall–Kier alpha value is -2.84. The average molecular weight is 413 g/mol. The van der Waals surface area contributed by atoms with Crippen molar-refractivity contribution in [1.29, 1.82) is 0 Å². The zero-order valence-corrected chi connectivity index (χ0v) is 17.1. The van der Waals surface area contributed by atoms with Crippen molar-refractivity contribution in [3.63, 3.8) is 0 Å². The van der Waals surface area contributed by atoms with Gasteiger partial charge in [0, 0.05) is 11.8 Å². The molecule has 1 N–H and O–H groups in total. The highest BCUT2D eigenvalue weighted by Gasteiger charge is 2.22. The lowest BCUT2D eigenvalue weighted by atomic mass is 10.1. The van der Waals surface area contributed by atoms with Crippen LogP contribution >= 0.6 is 0 Å². The van der Waals surface area contributed by atoms with Gasteiger partial charge < -0.3 is 10.1 Å². The molecule has 3 aromatic rings. The molecular weight excluding hydrogens is 388 g/mol. The normalized spacial score (nSPS) is 14.2. The molecule has 0 spiro atoms. The third-order valence-corrected chi connectivity index (χ3v) is 5.22. The molecule has 2 aromatic carbocycles. The first-order chi connectivity index (χ1) is 14.5. The standard InChI is InChI=1S/C22H25F2N5O/c1-15-6-16(4-3-5-28(2)21-12-30-13-21)8-19(7-15)26-22-25-14-29(27-22)20-10-17(23)9-18(24)11-20/h6-11,14,21H,3-5,12-13H2,1-2H3,(H,26,27). The predicted molar refractivity (Wildman–Crippen MR) is 111 cm³/mol. The number of benzene rings is 2. The fourth-order valence-corrected chi connectivity index (χ4v) is 3.52. The topological polar surface area (TPSA) is 55.2 Å². The van der Waals surface area contributed by atoms with E-state index in [1.807, 2.05) is 13.0 Å². The van der Waals surface area contributed by atoms with Gasteiger partial charge in [-0.2, -0.15) is 4.98 Å². The number of aryl methyl sites for hydroxylation is 2. The van der Waals surface area contributed by atoms with Crippen molar-refractivity contribution in [2.75, 3.05) is 32.1 Å². The van der Waals surface area contributed by atoms with E-state index in [2.05, 4.69) is 39.5 Å². The molecule has 0 bridgehead atoms. The van der Waals surface area contributed by atoms with Gasteiger partial charge in [-0.05, 0) is 68.8 Å². The van der Waals surface area contributed by atoms with E-state index in [9.17, 15) is 8.78 Å². The summed E-state index contributed by atoms with van der Waals surface area (Å²) in [6.07, 6.45) is 3.46. The van der Waals surface area contributed by atoms with E-state index < -0.39 is 11.6 Å². The van der Waals surface area contributed by atoms with Crippen molar-refractivity contribution < 1.29 is 13.5 Å². The largest absolute Gasteiger partial charge is 0.378 e. The highest BCUT2D eigenvalue weighted by molar-refractivity contribution is 5.56. The lowest BCUT2D eigenvalue weighted by Gasteiger charge is -2.34. The van der Waals surface area contributed by atoms with Crippen LogP contribution in [0.1, 0.15) is 17.5 Å². The van der Waals surface area contributed by atoms with Crippen molar-refractivity contribution >= 4 is 11.6 Å². The molecule has 0 unspecified atom stereocenters. The maximum atomic E-state index is 13.4. The van der Waals surface area contributed by atoms with E-state index in [-0.39, 0.29) is 5.69 Å². The summed E-state index contributed by atoms with van der Waals surface area (Å²) >= 11 is 0. The summed E-state index contributed by atoms with van der Waals surface area (Å²) in [6, 6.07) is 10.1. The molecular formula is C22H25F2N5O. The lowest BCUT2D eigenvalue weighted by molar-refractivity contribution is -0.0560. The molecule has 1 aliphatic heterocycles. The highest BCUT2D eigenvalue weighted by atomic mass is 19.1. The summed E-state index contributed by atoms with van der Waals surface area (Å²) < 4.78 is 33.5. The molecule has 0 aliphatic carbocycles. The fourth-order valence-electron chi connectivity index (χ4n) is 3.52. The van der Waals surface area contributed by atoms with E-state index in [0.717, 1.165) is 49.9 Å². The maximum Gasteiger partial charge on any atom is 0.246 e. The monoisotopic (exact) mass is 413 g/mol. The van der Waals surface area contributed by atoms with Crippen LogP contribution in [0.3, 0.4) is 0 Å². The molecule has 2 heterocycles. The van der Waals surface area contributed by atoms with Gasteiger partial charge in [-0.3, -0.25) is 4.90 Å². The first-order valence-electron chi connectivity index (χ1n) is 10.00. The fraction of sp³-hybridized carbons (Fsp3) is 0.364. The molecule has 1 saturated heterocycles. The van der Waals surface area contributed by atoms with Gasteiger partial charge in [0.05, 0.1) is 24.9 Å². The number of hydrogen-bond acceptors (Lipinski definition) is 5. The van der Waals surface area contributed by atoms with E-state index in [1.165, 1.54) is 28.7 Å². The Labute approximate surface area is 174 Å². The summed E-state index contributed by atoms with van der Waals surface area (Å²) in [4.78, 5) is 6.56. The predicted octanol–water partition coefficient (Wildman–Crippen LogP) is 3.86. The number of anilines is 2. The number of nitrogens with zero attached hydrogens (tertiary/aromatic N) is 4. The van der Waals surface area contributed by atoms with E-state index in [0.29, 0.717) is 12.0 Å². The number of ether oxygens (including phenoxy) is 1.